The number of phenolic OH excluding ortho intramolecular Hbond substituents is 1. The monoisotopic (exact) mass is 362 g/mol. The van der Waals surface area contributed by atoms with Gasteiger partial charge in [-0.1, -0.05) is 41.5 Å². The van der Waals surface area contributed by atoms with Crippen LogP contribution in [0.5, 0.6) is 11.5 Å². The lowest BCUT2D eigenvalue weighted by molar-refractivity contribution is -0.135. The van der Waals surface area contributed by atoms with Crippen LogP contribution >= 0.6 is 0 Å². The number of esters is 1. The van der Waals surface area contributed by atoms with Crippen LogP contribution in [0.2, 0.25) is 0 Å². The zero-order chi connectivity index (χ0) is 19.5. The van der Waals surface area contributed by atoms with Gasteiger partial charge in [0.05, 0.1) is 6.10 Å². The van der Waals surface area contributed by atoms with Crippen LogP contribution in [0.3, 0.4) is 0 Å². The normalized spacial score (nSPS) is 18.6. The van der Waals surface area contributed by atoms with Gasteiger partial charge in [-0.05, 0) is 48.6 Å². The van der Waals surface area contributed by atoms with Gasteiger partial charge in [-0.3, -0.25) is 4.79 Å². The fraction of sp³-hybridized carbons (Fsp3) is 0.682. The zero-order valence-electron chi connectivity index (χ0n) is 17.1. The first kappa shape index (κ1) is 20.8. The van der Waals surface area contributed by atoms with Crippen LogP contribution in [0.4, 0.5) is 0 Å². The smallest absolute Gasteiger partial charge is 0.311 e. The quantitative estimate of drug-likeness (QED) is 0.588. The van der Waals surface area contributed by atoms with Crippen LogP contribution in [0.25, 0.3) is 0 Å². The number of aromatic hydroxyl groups is 1. The highest BCUT2D eigenvalue weighted by Crippen LogP contribution is 2.41. The van der Waals surface area contributed by atoms with Crippen molar-refractivity contribution >= 4 is 5.97 Å². The molecule has 1 N–H and O–H groups in total. The summed E-state index contributed by atoms with van der Waals surface area (Å²) in [6.07, 6.45) is 4.53. The van der Waals surface area contributed by atoms with Gasteiger partial charge < -0.3 is 14.6 Å². The molecule has 1 aromatic carbocycles. The third kappa shape index (κ3) is 5.47. The molecular formula is C22H34O4. The first-order valence-corrected chi connectivity index (χ1v) is 9.69. The molecule has 0 spiro atoms. The molecule has 1 saturated heterocycles. The van der Waals surface area contributed by atoms with E-state index in [0.717, 1.165) is 30.6 Å². The Labute approximate surface area is 157 Å². The highest BCUT2D eigenvalue weighted by Gasteiger charge is 2.27. The summed E-state index contributed by atoms with van der Waals surface area (Å²) in [7, 11) is 0. The number of benzene rings is 1. The second kappa shape index (κ2) is 7.99. The van der Waals surface area contributed by atoms with Gasteiger partial charge in [0, 0.05) is 24.2 Å². The number of rotatable bonds is 4. The van der Waals surface area contributed by atoms with Gasteiger partial charge in [0.1, 0.15) is 11.5 Å². The molecule has 1 fully saturated rings. The number of hydrogen-bond acceptors (Lipinski definition) is 4. The van der Waals surface area contributed by atoms with Crippen molar-refractivity contribution in [1.82, 2.24) is 0 Å². The third-order valence-corrected chi connectivity index (χ3v) is 4.88. The molecule has 1 aliphatic heterocycles. The standard InChI is InChI=1S/C22H34O4/c1-21(2,3)17-13-16(14-18(20(17)24)22(4,5)6)26-19(23)11-10-15-9-7-8-12-25-15/h13-15,24H,7-12H2,1-6H3. The van der Waals surface area contributed by atoms with E-state index in [1.165, 1.54) is 6.42 Å². The second-order valence-electron chi connectivity index (χ2n) is 9.37. The maximum absolute atomic E-state index is 12.3. The van der Waals surface area contributed by atoms with Crippen molar-refractivity contribution in [1.29, 1.82) is 0 Å². The van der Waals surface area contributed by atoms with Crippen LogP contribution in [0.15, 0.2) is 12.1 Å². The second-order valence-corrected chi connectivity index (χ2v) is 9.37. The van der Waals surface area contributed by atoms with Gasteiger partial charge in [-0.25, -0.2) is 0 Å². The Balaban J connectivity index is 2.16. The van der Waals surface area contributed by atoms with Gasteiger partial charge >= 0.3 is 5.97 Å². The molecule has 0 aliphatic carbocycles. The molecular weight excluding hydrogens is 328 g/mol. The van der Waals surface area contributed by atoms with Crippen LogP contribution in [-0.4, -0.2) is 23.8 Å². The van der Waals surface area contributed by atoms with Crippen LogP contribution in [0.1, 0.15) is 84.8 Å². The van der Waals surface area contributed by atoms with Gasteiger partial charge in [0.15, 0.2) is 0 Å². The first-order valence-electron chi connectivity index (χ1n) is 9.69. The topological polar surface area (TPSA) is 55.8 Å². The van der Waals surface area contributed by atoms with E-state index in [0.29, 0.717) is 24.3 Å². The minimum Gasteiger partial charge on any atom is -0.507 e. The summed E-state index contributed by atoms with van der Waals surface area (Å²) in [6.45, 7) is 13.0. The largest absolute Gasteiger partial charge is 0.507 e. The molecule has 1 unspecified atom stereocenters. The van der Waals surface area contributed by atoms with Crippen LogP contribution in [-0.2, 0) is 20.4 Å². The van der Waals surface area contributed by atoms with Crippen molar-refractivity contribution in [2.45, 2.75) is 90.6 Å². The zero-order valence-corrected chi connectivity index (χ0v) is 17.1. The van der Waals surface area contributed by atoms with Gasteiger partial charge in [0.25, 0.3) is 0 Å². The Bertz CT molecular complexity index is 594. The van der Waals surface area contributed by atoms with E-state index in [-0.39, 0.29) is 22.9 Å². The molecule has 4 heteroatoms. The summed E-state index contributed by atoms with van der Waals surface area (Å²) in [5.41, 5.74) is 1.09. The molecule has 0 bridgehead atoms. The van der Waals surface area contributed by atoms with Crippen LogP contribution in [0, 0.1) is 0 Å². The van der Waals surface area contributed by atoms with E-state index >= 15 is 0 Å². The molecule has 1 aliphatic rings. The SMILES string of the molecule is CC(C)(C)c1cc(OC(=O)CCC2CCCCO2)cc(C(C)(C)C)c1O. The predicted octanol–water partition coefficient (Wildman–Crippen LogP) is 5.24. The highest BCUT2D eigenvalue weighted by atomic mass is 16.5. The fourth-order valence-corrected chi connectivity index (χ4v) is 3.31. The fourth-order valence-electron chi connectivity index (χ4n) is 3.31. The van der Waals surface area contributed by atoms with E-state index in [2.05, 4.69) is 0 Å². The molecule has 0 saturated carbocycles. The predicted molar refractivity (Wildman–Crippen MR) is 104 cm³/mol. The van der Waals surface area contributed by atoms with Gasteiger partial charge in [0.2, 0.25) is 0 Å². The number of phenols is 1. The summed E-state index contributed by atoms with van der Waals surface area (Å²) in [5, 5.41) is 10.7. The maximum atomic E-state index is 12.3. The summed E-state index contributed by atoms with van der Waals surface area (Å²) < 4.78 is 11.3. The van der Waals surface area contributed by atoms with E-state index in [1.807, 2.05) is 41.5 Å². The Kier molecular flexibility index (Phi) is 6.38. The minimum absolute atomic E-state index is 0.173. The van der Waals surface area contributed by atoms with Crippen molar-refractivity contribution < 1.29 is 19.4 Å². The molecule has 1 heterocycles. The number of ether oxygens (including phenoxy) is 2. The molecule has 0 amide bonds. The average molecular weight is 363 g/mol. The lowest BCUT2D eigenvalue weighted by Gasteiger charge is -2.28. The number of carbonyl (C=O) groups excluding carboxylic acids is 1. The molecule has 0 radical (unpaired) electrons. The van der Waals surface area contributed by atoms with Crippen molar-refractivity contribution in [3.63, 3.8) is 0 Å². The molecule has 1 atom stereocenters. The lowest BCUT2D eigenvalue weighted by Crippen LogP contribution is -2.21. The Morgan fingerprint density at radius 3 is 2.15 bits per heavy atom. The van der Waals surface area contributed by atoms with Crippen molar-refractivity contribution in [3.05, 3.63) is 23.3 Å². The summed E-state index contributed by atoms with van der Waals surface area (Å²) >= 11 is 0. The van der Waals surface area contributed by atoms with E-state index in [9.17, 15) is 9.90 Å². The van der Waals surface area contributed by atoms with E-state index in [4.69, 9.17) is 9.47 Å². The van der Waals surface area contributed by atoms with Crippen molar-refractivity contribution in [2.24, 2.45) is 0 Å². The van der Waals surface area contributed by atoms with Crippen molar-refractivity contribution in [2.75, 3.05) is 6.61 Å². The molecule has 0 aromatic heterocycles. The van der Waals surface area contributed by atoms with E-state index in [1.54, 1.807) is 12.1 Å². The Morgan fingerprint density at radius 1 is 1.12 bits per heavy atom. The average Bonchev–Trinajstić information content (AvgIpc) is 2.53. The molecule has 146 valence electrons. The first-order chi connectivity index (χ1) is 12.0. The minimum atomic E-state index is -0.248. The summed E-state index contributed by atoms with van der Waals surface area (Å²) in [6, 6.07) is 3.58. The number of hydrogen-bond donors (Lipinski definition) is 1. The number of carbonyl (C=O) groups is 1. The third-order valence-electron chi connectivity index (χ3n) is 4.88. The molecule has 26 heavy (non-hydrogen) atoms. The Morgan fingerprint density at radius 2 is 1.69 bits per heavy atom. The van der Waals surface area contributed by atoms with E-state index < -0.39 is 0 Å². The highest BCUT2D eigenvalue weighted by molar-refractivity contribution is 5.73. The maximum Gasteiger partial charge on any atom is 0.311 e. The molecule has 4 nitrogen and oxygen atoms in total. The Hall–Kier alpha value is -1.55. The summed E-state index contributed by atoms with van der Waals surface area (Å²) in [4.78, 5) is 12.3. The molecule has 1 aromatic rings. The lowest BCUT2D eigenvalue weighted by atomic mass is 9.79. The van der Waals surface area contributed by atoms with Gasteiger partial charge in [-0.2, -0.15) is 0 Å². The van der Waals surface area contributed by atoms with Crippen LogP contribution < -0.4 is 4.74 Å². The summed E-state index contributed by atoms with van der Waals surface area (Å²) in [5.74, 6) is 0.553. The molecule has 2 rings (SSSR count). The van der Waals surface area contributed by atoms with Gasteiger partial charge in [-0.15, -0.1) is 0 Å². The van der Waals surface area contributed by atoms with Crippen molar-refractivity contribution in [3.8, 4) is 11.5 Å².